The molecule has 18 heavy (non-hydrogen) atoms. The van der Waals surface area contributed by atoms with Crippen LogP contribution in [-0.2, 0) is 10.0 Å². The molecule has 1 aromatic rings. The predicted octanol–water partition coefficient (Wildman–Crippen LogP) is 1.89. The molecular weight excluding hydrogens is 318 g/mol. The average Bonchev–Trinajstić information content (AvgIpc) is 2.66. The normalized spacial score (nSPS) is 24.3. The van der Waals surface area contributed by atoms with Crippen molar-refractivity contribution in [2.75, 3.05) is 5.73 Å². The Morgan fingerprint density at radius 1 is 1.50 bits per heavy atom. The van der Waals surface area contributed by atoms with Crippen LogP contribution in [0.5, 0.6) is 0 Å². The molecular formula is C11H16BrN3O2S. The molecule has 0 aromatic carbocycles. The van der Waals surface area contributed by atoms with Gasteiger partial charge in [-0.2, -0.15) is 0 Å². The summed E-state index contributed by atoms with van der Waals surface area (Å²) in [5.41, 5.74) is 5.63. The minimum absolute atomic E-state index is 0.00313. The summed E-state index contributed by atoms with van der Waals surface area (Å²) in [6, 6.07) is 1.48. The summed E-state index contributed by atoms with van der Waals surface area (Å²) in [5.74, 6) is 0.590. The molecule has 0 saturated heterocycles. The highest BCUT2D eigenvalue weighted by Crippen LogP contribution is 2.27. The van der Waals surface area contributed by atoms with Crippen LogP contribution in [0.25, 0.3) is 0 Å². The second-order valence-electron chi connectivity index (χ2n) is 4.77. The fourth-order valence-corrected chi connectivity index (χ4v) is 4.12. The van der Waals surface area contributed by atoms with Crippen LogP contribution in [0.1, 0.15) is 26.2 Å². The van der Waals surface area contributed by atoms with Crippen LogP contribution in [0.4, 0.5) is 5.82 Å². The lowest BCUT2D eigenvalue weighted by atomic mass is 10.1. The summed E-state index contributed by atoms with van der Waals surface area (Å²) in [4.78, 5) is 3.88. The highest BCUT2D eigenvalue weighted by Gasteiger charge is 2.28. The number of hydrogen-bond donors (Lipinski definition) is 2. The summed E-state index contributed by atoms with van der Waals surface area (Å²) in [5, 5.41) is 0. The fourth-order valence-electron chi connectivity index (χ4n) is 2.24. The number of aromatic nitrogens is 1. The molecule has 1 fully saturated rings. The first-order valence-corrected chi connectivity index (χ1v) is 8.09. The van der Waals surface area contributed by atoms with Crippen LogP contribution in [0.3, 0.4) is 0 Å². The molecule has 0 spiro atoms. The number of nitrogens with zero attached hydrogens (tertiary/aromatic N) is 1. The highest BCUT2D eigenvalue weighted by atomic mass is 79.9. The third kappa shape index (κ3) is 3.02. The molecule has 0 aliphatic heterocycles. The molecule has 1 aromatic heterocycles. The number of rotatable bonds is 3. The van der Waals surface area contributed by atoms with Gasteiger partial charge in [0.05, 0.1) is 0 Å². The summed E-state index contributed by atoms with van der Waals surface area (Å²) in [6.45, 7) is 2.13. The minimum atomic E-state index is -3.59. The molecule has 2 atom stereocenters. The Labute approximate surface area is 115 Å². The number of hydrogen-bond acceptors (Lipinski definition) is 4. The van der Waals surface area contributed by atoms with Gasteiger partial charge in [-0.25, -0.2) is 18.1 Å². The zero-order valence-electron chi connectivity index (χ0n) is 10.1. The van der Waals surface area contributed by atoms with Crippen LogP contribution in [0, 0.1) is 5.92 Å². The van der Waals surface area contributed by atoms with E-state index in [0.29, 0.717) is 10.4 Å². The molecule has 0 radical (unpaired) electrons. The molecule has 1 aliphatic carbocycles. The molecule has 2 unspecified atom stereocenters. The van der Waals surface area contributed by atoms with Gasteiger partial charge in [0.15, 0.2) is 0 Å². The SMILES string of the molecule is CC1CCC(NS(=O)(=O)c2cc(Br)cnc2N)C1. The standard InChI is InChI=1S/C11H16BrN3O2S/c1-7-2-3-9(4-7)15-18(16,17)10-5-8(12)6-14-11(10)13/h5-7,9,15H,2-4H2,1H3,(H2,13,14). The van der Waals surface area contributed by atoms with Crippen molar-refractivity contribution in [2.45, 2.75) is 37.1 Å². The monoisotopic (exact) mass is 333 g/mol. The molecule has 0 amide bonds. The van der Waals surface area contributed by atoms with Gasteiger partial charge < -0.3 is 5.73 Å². The lowest BCUT2D eigenvalue weighted by Crippen LogP contribution is -2.33. The molecule has 1 aliphatic rings. The fraction of sp³-hybridized carbons (Fsp3) is 0.545. The number of anilines is 1. The molecule has 3 N–H and O–H groups in total. The first-order valence-electron chi connectivity index (χ1n) is 5.82. The minimum Gasteiger partial charge on any atom is -0.383 e. The Kier molecular flexibility index (Phi) is 3.93. The molecule has 5 nitrogen and oxygen atoms in total. The molecule has 2 rings (SSSR count). The molecule has 7 heteroatoms. The van der Waals surface area contributed by atoms with Crippen molar-refractivity contribution in [3.63, 3.8) is 0 Å². The Bertz CT molecular complexity index is 547. The van der Waals surface area contributed by atoms with Gasteiger partial charge in [0.25, 0.3) is 0 Å². The third-order valence-corrected chi connectivity index (χ3v) is 5.14. The van der Waals surface area contributed by atoms with E-state index in [9.17, 15) is 8.42 Å². The van der Waals surface area contributed by atoms with E-state index in [1.165, 1.54) is 12.3 Å². The molecule has 100 valence electrons. The lowest BCUT2D eigenvalue weighted by Gasteiger charge is -2.14. The van der Waals surface area contributed by atoms with Crippen molar-refractivity contribution in [2.24, 2.45) is 5.92 Å². The summed E-state index contributed by atoms with van der Waals surface area (Å²) in [7, 11) is -3.59. The first-order chi connectivity index (χ1) is 8.38. The second kappa shape index (κ2) is 5.14. The first kappa shape index (κ1) is 13.8. The molecule has 0 bridgehead atoms. The number of nitrogens with two attached hydrogens (primary N) is 1. The summed E-state index contributed by atoms with van der Waals surface area (Å²) >= 11 is 3.20. The van der Waals surface area contributed by atoms with E-state index in [4.69, 9.17) is 5.73 Å². The van der Waals surface area contributed by atoms with E-state index in [0.717, 1.165) is 19.3 Å². The molecule has 1 heterocycles. The van der Waals surface area contributed by atoms with Crippen molar-refractivity contribution >= 4 is 31.8 Å². The quantitative estimate of drug-likeness (QED) is 0.884. The van der Waals surface area contributed by atoms with Crippen molar-refractivity contribution in [3.05, 3.63) is 16.7 Å². The Balaban J connectivity index is 2.23. The van der Waals surface area contributed by atoms with Crippen molar-refractivity contribution in [1.29, 1.82) is 0 Å². The van der Waals surface area contributed by atoms with Crippen LogP contribution >= 0.6 is 15.9 Å². The number of nitrogens with one attached hydrogen (secondary N) is 1. The van der Waals surface area contributed by atoms with E-state index in [-0.39, 0.29) is 16.8 Å². The highest BCUT2D eigenvalue weighted by molar-refractivity contribution is 9.10. The number of pyridine rings is 1. The molecule has 1 saturated carbocycles. The van der Waals surface area contributed by atoms with Gasteiger partial charge >= 0.3 is 0 Å². The Morgan fingerprint density at radius 3 is 2.83 bits per heavy atom. The van der Waals surface area contributed by atoms with Crippen LogP contribution < -0.4 is 10.5 Å². The maximum Gasteiger partial charge on any atom is 0.244 e. The zero-order chi connectivity index (χ0) is 13.3. The smallest absolute Gasteiger partial charge is 0.244 e. The summed E-state index contributed by atoms with van der Waals surface area (Å²) < 4.78 is 27.7. The topological polar surface area (TPSA) is 85.1 Å². The number of sulfonamides is 1. The van der Waals surface area contributed by atoms with Crippen molar-refractivity contribution in [3.8, 4) is 0 Å². The van der Waals surface area contributed by atoms with Gasteiger partial charge in [-0.1, -0.05) is 6.92 Å². The second-order valence-corrected chi connectivity index (χ2v) is 7.37. The summed E-state index contributed by atoms with van der Waals surface area (Å²) in [6.07, 6.45) is 4.29. The Hall–Kier alpha value is -0.660. The maximum absolute atomic E-state index is 12.2. The van der Waals surface area contributed by atoms with Gasteiger partial charge in [0, 0.05) is 16.7 Å². The zero-order valence-corrected chi connectivity index (χ0v) is 12.5. The third-order valence-electron chi connectivity index (χ3n) is 3.15. The Morgan fingerprint density at radius 2 is 2.22 bits per heavy atom. The van der Waals surface area contributed by atoms with E-state index >= 15 is 0 Å². The van der Waals surface area contributed by atoms with Crippen LogP contribution in [-0.4, -0.2) is 19.4 Å². The van der Waals surface area contributed by atoms with Crippen molar-refractivity contribution in [1.82, 2.24) is 9.71 Å². The van der Waals surface area contributed by atoms with Gasteiger partial charge in [-0.3, -0.25) is 0 Å². The van der Waals surface area contributed by atoms with E-state index in [1.807, 2.05) is 0 Å². The van der Waals surface area contributed by atoms with E-state index in [2.05, 4.69) is 32.6 Å². The van der Waals surface area contributed by atoms with Gasteiger partial charge in [0.1, 0.15) is 10.7 Å². The van der Waals surface area contributed by atoms with E-state index < -0.39 is 10.0 Å². The van der Waals surface area contributed by atoms with Gasteiger partial charge in [-0.15, -0.1) is 0 Å². The van der Waals surface area contributed by atoms with Crippen molar-refractivity contribution < 1.29 is 8.42 Å². The van der Waals surface area contributed by atoms with Crippen LogP contribution in [0.2, 0.25) is 0 Å². The lowest BCUT2D eigenvalue weighted by molar-refractivity contribution is 0.538. The number of halogens is 1. The number of nitrogen functional groups attached to an aromatic ring is 1. The maximum atomic E-state index is 12.2. The van der Waals surface area contributed by atoms with E-state index in [1.54, 1.807) is 0 Å². The predicted molar refractivity (Wildman–Crippen MR) is 73.5 cm³/mol. The van der Waals surface area contributed by atoms with Gasteiger partial charge in [-0.05, 0) is 47.2 Å². The largest absolute Gasteiger partial charge is 0.383 e. The van der Waals surface area contributed by atoms with Gasteiger partial charge in [0.2, 0.25) is 10.0 Å². The average molecular weight is 334 g/mol. The van der Waals surface area contributed by atoms with Crippen LogP contribution in [0.15, 0.2) is 21.6 Å².